The Kier molecular flexibility index (Phi) is 4.02. The summed E-state index contributed by atoms with van der Waals surface area (Å²) >= 11 is 6.23. The van der Waals surface area contributed by atoms with Crippen LogP contribution in [0.1, 0.15) is 48.5 Å². The molecule has 1 saturated heterocycles. The number of halogens is 1. The summed E-state index contributed by atoms with van der Waals surface area (Å²) in [6, 6.07) is 0. The maximum Gasteiger partial charge on any atom is 0.503 e. The number of aromatic nitrogens is 2. The van der Waals surface area contributed by atoms with E-state index in [9.17, 15) is 0 Å². The highest BCUT2D eigenvalue weighted by atomic mass is 35.5. The van der Waals surface area contributed by atoms with E-state index < -0.39 is 23.9 Å². The molecule has 1 aliphatic rings. The van der Waals surface area contributed by atoms with Crippen LogP contribution in [0.15, 0.2) is 6.33 Å². The van der Waals surface area contributed by atoms with Crippen LogP contribution in [0.4, 0.5) is 0 Å². The number of rotatable bonds is 2. The van der Waals surface area contributed by atoms with Gasteiger partial charge in [-0.05, 0) is 48.5 Å². The Balaban J connectivity index is 2.41. The average molecular weight is 313 g/mol. The first-order valence-electron chi connectivity index (χ1n) is 6.98. The van der Waals surface area contributed by atoms with Crippen LogP contribution in [0.5, 0.6) is 5.88 Å². The molecule has 0 N–H and O–H groups in total. The van der Waals surface area contributed by atoms with E-state index in [0.717, 1.165) is 0 Å². The lowest BCUT2D eigenvalue weighted by Crippen LogP contribution is -2.41. The van der Waals surface area contributed by atoms with E-state index in [2.05, 4.69) is 9.97 Å². The first-order valence-corrected chi connectivity index (χ1v) is 7.36. The lowest BCUT2D eigenvalue weighted by molar-refractivity contribution is 0.00578. The van der Waals surface area contributed by atoms with Crippen LogP contribution in [0.25, 0.3) is 0 Å². The average Bonchev–Trinajstić information content (AvgIpc) is 2.45. The molecule has 21 heavy (non-hydrogen) atoms. The van der Waals surface area contributed by atoms with Crippen LogP contribution in [0, 0.1) is 0 Å². The smallest absolute Gasteiger partial charge is 0.472 e. The standard InChI is InChI=1S/C14H22BClN2O3/c1-12(2,3)19-11-9(10(16)17-8-18-11)15-20-13(4,5)14(6,7)21-15/h8H,1-7H3. The Morgan fingerprint density at radius 1 is 1.10 bits per heavy atom. The Hall–Kier alpha value is -0.845. The summed E-state index contributed by atoms with van der Waals surface area (Å²) in [5.41, 5.74) is -0.797. The van der Waals surface area contributed by atoms with E-state index in [-0.39, 0.29) is 5.15 Å². The zero-order valence-electron chi connectivity index (χ0n) is 13.7. The van der Waals surface area contributed by atoms with Gasteiger partial charge in [0.15, 0.2) is 0 Å². The molecule has 0 aromatic carbocycles. The third-order valence-corrected chi connectivity index (χ3v) is 3.99. The fraction of sp³-hybridized carbons (Fsp3) is 0.714. The molecule has 1 aliphatic heterocycles. The van der Waals surface area contributed by atoms with Crippen molar-refractivity contribution in [3.8, 4) is 5.88 Å². The van der Waals surface area contributed by atoms with Gasteiger partial charge in [0, 0.05) is 0 Å². The summed E-state index contributed by atoms with van der Waals surface area (Å²) < 4.78 is 17.9. The van der Waals surface area contributed by atoms with Gasteiger partial charge in [-0.1, -0.05) is 11.6 Å². The van der Waals surface area contributed by atoms with Crippen molar-refractivity contribution in [3.05, 3.63) is 11.5 Å². The van der Waals surface area contributed by atoms with Gasteiger partial charge in [0.05, 0.1) is 16.7 Å². The molecule has 7 heteroatoms. The van der Waals surface area contributed by atoms with Gasteiger partial charge in [-0.15, -0.1) is 0 Å². The fourth-order valence-electron chi connectivity index (χ4n) is 1.89. The molecule has 0 saturated carbocycles. The minimum absolute atomic E-state index is 0.280. The summed E-state index contributed by atoms with van der Waals surface area (Å²) in [7, 11) is -0.652. The van der Waals surface area contributed by atoms with E-state index in [1.807, 2.05) is 48.5 Å². The molecule has 0 unspecified atom stereocenters. The second kappa shape index (κ2) is 5.11. The number of nitrogens with zero attached hydrogens (tertiary/aromatic N) is 2. The van der Waals surface area contributed by atoms with Crippen LogP contribution in [-0.2, 0) is 9.31 Å². The molecule has 2 rings (SSSR count). The minimum Gasteiger partial charge on any atom is -0.472 e. The Bertz CT molecular complexity index is 528. The van der Waals surface area contributed by atoms with Gasteiger partial charge in [-0.25, -0.2) is 9.97 Å². The van der Waals surface area contributed by atoms with Crippen LogP contribution in [0.2, 0.25) is 5.15 Å². The fourth-order valence-corrected chi connectivity index (χ4v) is 2.10. The summed E-state index contributed by atoms with van der Waals surface area (Å²) in [5, 5.41) is 0.280. The molecule has 0 spiro atoms. The molecule has 2 heterocycles. The zero-order chi connectivity index (χ0) is 16.1. The maximum atomic E-state index is 6.23. The largest absolute Gasteiger partial charge is 0.503 e. The van der Waals surface area contributed by atoms with Crippen molar-refractivity contribution in [1.29, 1.82) is 0 Å². The van der Waals surface area contributed by atoms with Crippen LogP contribution >= 0.6 is 11.6 Å². The molecule has 1 aromatic heterocycles. The first-order chi connectivity index (χ1) is 9.43. The molecule has 116 valence electrons. The second-order valence-corrected chi connectivity index (χ2v) is 7.54. The topological polar surface area (TPSA) is 53.5 Å². The van der Waals surface area contributed by atoms with E-state index in [4.69, 9.17) is 25.6 Å². The normalized spacial score (nSPS) is 20.7. The second-order valence-electron chi connectivity index (χ2n) is 7.19. The van der Waals surface area contributed by atoms with Gasteiger partial charge in [0.25, 0.3) is 0 Å². The van der Waals surface area contributed by atoms with Crippen molar-refractivity contribution < 1.29 is 14.0 Å². The monoisotopic (exact) mass is 312 g/mol. The molecule has 1 aromatic rings. The molecular formula is C14H22BClN2O3. The van der Waals surface area contributed by atoms with E-state index in [1.165, 1.54) is 6.33 Å². The van der Waals surface area contributed by atoms with E-state index >= 15 is 0 Å². The highest BCUT2D eigenvalue weighted by Gasteiger charge is 2.53. The summed E-state index contributed by atoms with van der Waals surface area (Å²) in [5.74, 6) is 0.390. The third kappa shape index (κ3) is 3.33. The van der Waals surface area contributed by atoms with Gasteiger partial charge in [-0.2, -0.15) is 0 Å². The molecule has 0 radical (unpaired) electrons. The van der Waals surface area contributed by atoms with Crippen molar-refractivity contribution in [3.63, 3.8) is 0 Å². The molecule has 0 atom stereocenters. The molecule has 0 bridgehead atoms. The highest BCUT2D eigenvalue weighted by Crippen LogP contribution is 2.37. The molecule has 0 amide bonds. The van der Waals surface area contributed by atoms with Crippen molar-refractivity contribution >= 4 is 24.2 Å². The minimum atomic E-state index is -0.652. The van der Waals surface area contributed by atoms with Crippen molar-refractivity contribution in [2.45, 2.75) is 65.3 Å². The van der Waals surface area contributed by atoms with Gasteiger partial charge in [-0.3, -0.25) is 0 Å². The van der Waals surface area contributed by atoms with Gasteiger partial charge in [0.1, 0.15) is 17.1 Å². The van der Waals surface area contributed by atoms with Crippen LogP contribution < -0.4 is 10.2 Å². The number of hydrogen-bond acceptors (Lipinski definition) is 5. The van der Waals surface area contributed by atoms with Crippen LogP contribution in [-0.4, -0.2) is 33.9 Å². The van der Waals surface area contributed by atoms with Crippen molar-refractivity contribution in [2.24, 2.45) is 0 Å². The third-order valence-electron chi connectivity index (χ3n) is 3.69. The molecular weight excluding hydrogens is 290 g/mol. The zero-order valence-corrected chi connectivity index (χ0v) is 14.4. The van der Waals surface area contributed by atoms with Crippen LogP contribution in [0.3, 0.4) is 0 Å². The lowest BCUT2D eigenvalue weighted by atomic mass is 9.80. The summed E-state index contributed by atoms with van der Waals surface area (Å²) in [4.78, 5) is 8.21. The Labute approximate surface area is 131 Å². The van der Waals surface area contributed by atoms with E-state index in [0.29, 0.717) is 11.3 Å². The van der Waals surface area contributed by atoms with Gasteiger partial charge in [0.2, 0.25) is 5.88 Å². The molecule has 5 nitrogen and oxygen atoms in total. The molecule has 1 fully saturated rings. The van der Waals surface area contributed by atoms with Gasteiger partial charge < -0.3 is 14.0 Å². The quantitative estimate of drug-likeness (QED) is 0.620. The number of ether oxygens (including phenoxy) is 1. The SMILES string of the molecule is CC(C)(C)Oc1ncnc(Cl)c1B1OC(C)(C)C(C)(C)O1. The van der Waals surface area contributed by atoms with E-state index in [1.54, 1.807) is 0 Å². The van der Waals surface area contributed by atoms with Gasteiger partial charge >= 0.3 is 7.12 Å². The Morgan fingerprint density at radius 2 is 1.62 bits per heavy atom. The Morgan fingerprint density at radius 3 is 2.10 bits per heavy atom. The number of hydrogen-bond donors (Lipinski definition) is 0. The lowest BCUT2D eigenvalue weighted by Gasteiger charge is -2.32. The summed E-state index contributed by atoms with van der Waals surface area (Å²) in [6.07, 6.45) is 1.37. The molecule has 0 aliphatic carbocycles. The van der Waals surface area contributed by atoms with Crippen molar-refractivity contribution in [2.75, 3.05) is 0 Å². The predicted molar refractivity (Wildman–Crippen MR) is 83.1 cm³/mol. The maximum absolute atomic E-state index is 6.23. The highest BCUT2D eigenvalue weighted by molar-refractivity contribution is 6.66. The van der Waals surface area contributed by atoms with Crippen molar-refractivity contribution in [1.82, 2.24) is 9.97 Å². The first kappa shape index (κ1) is 16.5. The summed E-state index contributed by atoms with van der Waals surface area (Å²) in [6.45, 7) is 13.7. The predicted octanol–water partition coefficient (Wildman–Crippen LogP) is 2.61.